The zero-order chi connectivity index (χ0) is 17.2. The van der Waals surface area contributed by atoms with Crippen molar-refractivity contribution in [1.82, 2.24) is 9.88 Å². The summed E-state index contributed by atoms with van der Waals surface area (Å²) in [6.07, 6.45) is 0.843. The summed E-state index contributed by atoms with van der Waals surface area (Å²) in [5.41, 5.74) is 2.69. The van der Waals surface area contributed by atoms with Gasteiger partial charge < -0.3 is 0 Å². The molecule has 0 aliphatic carbocycles. The van der Waals surface area contributed by atoms with E-state index in [-0.39, 0.29) is 11.7 Å². The molecule has 4 rings (SSSR count). The van der Waals surface area contributed by atoms with Crippen LogP contribution in [0.2, 0.25) is 0 Å². The lowest BCUT2D eigenvalue weighted by Gasteiger charge is -2.25. The quantitative estimate of drug-likeness (QED) is 0.747. The number of carbonyl (C=O) groups is 1. The van der Waals surface area contributed by atoms with Crippen molar-refractivity contribution < 1.29 is 9.18 Å². The number of halogens is 1. The van der Waals surface area contributed by atoms with Gasteiger partial charge in [0, 0.05) is 36.3 Å². The van der Waals surface area contributed by atoms with Gasteiger partial charge in [-0.05, 0) is 29.1 Å². The molecule has 0 atom stereocenters. The second-order valence-corrected chi connectivity index (χ2v) is 7.81. The van der Waals surface area contributed by atoms with Crippen LogP contribution in [0.25, 0.3) is 0 Å². The molecular weight excluding hydrogens is 357 g/mol. The molecule has 0 saturated heterocycles. The molecule has 0 radical (unpaired) electrons. The minimum absolute atomic E-state index is 0.121. The van der Waals surface area contributed by atoms with E-state index in [9.17, 15) is 9.18 Å². The van der Waals surface area contributed by atoms with Crippen LogP contribution < -0.4 is 5.32 Å². The zero-order valence-corrected chi connectivity index (χ0v) is 15.0. The molecule has 1 amide bonds. The summed E-state index contributed by atoms with van der Waals surface area (Å²) in [6.45, 7) is 2.37. The van der Waals surface area contributed by atoms with Crippen LogP contribution in [-0.2, 0) is 19.5 Å². The van der Waals surface area contributed by atoms with Gasteiger partial charge in [0.25, 0.3) is 5.91 Å². The van der Waals surface area contributed by atoms with Gasteiger partial charge in [-0.1, -0.05) is 12.1 Å². The highest BCUT2D eigenvalue weighted by Crippen LogP contribution is 2.29. The van der Waals surface area contributed by atoms with Crippen molar-refractivity contribution in [2.24, 2.45) is 0 Å². The molecule has 0 spiro atoms. The molecular formula is C18H16FN3OS2. The zero-order valence-electron chi connectivity index (χ0n) is 13.4. The van der Waals surface area contributed by atoms with Gasteiger partial charge in [-0.25, -0.2) is 9.37 Å². The molecule has 4 nitrogen and oxygen atoms in total. The maximum atomic E-state index is 13.3. The Morgan fingerprint density at radius 1 is 1.36 bits per heavy atom. The fraction of sp³-hybridized carbons (Fsp3) is 0.222. The van der Waals surface area contributed by atoms with E-state index in [1.807, 2.05) is 16.8 Å². The summed E-state index contributed by atoms with van der Waals surface area (Å²) >= 11 is 3.02. The Morgan fingerprint density at radius 2 is 2.28 bits per heavy atom. The third-order valence-corrected chi connectivity index (χ3v) is 5.79. The number of anilines is 1. The van der Waals surface area contributed by atoms with Crippen LogP contribution in [0.3, 0.4) is 0 Å². The largest absolute Gasteiger partial charge is 0.298 e. The first-order valence-electron chi connectivity index (χ1n) is 7.96. The van der Waals surface area contributed by atoms with Gasteiger partial charge in [-0.2, -0.15) is 11.3 Å². The number of aromatic nitrogens is 1. The van der Waals surface area contributed by atoms with E-state index in [4.69, 9.17) is 0 Å². The number of thiazole rings is 1. The summed E-state index contributed by atoms with van der Waals surface area (Å²) < 4.78 is 13.3. The van der Waals surface area contributed by atoms with E-state index in [1.165, 1.54) is 33.6 Å². The molecule has 1 N–H and O–H groups in total. The number of nitrogens with one attached hydrogen (secondary N) is 1. The number of hydrogen-bond donors (Lipinski definition) is 1. The van der Waals surface area contributed by atoms with Crippen LogP contribution in [0.15, 0.2) is 41.1 Å². The average Bonchev–Trinajstić information content (AvgIpc) is 3.23. The Bertz CT molecular complexity index is 892. The number of fused-ring (bicyclic) bond motifs is 1. The third-order valence-electron chi connectivity index (χ3n) is 4.11. The number of hydrogen-bond acceptors (Lipinski definition) is 5. The Hall–Kier alpha value is -2.09. The van der Waals surface area contributed by atoms with E-state index in [0.29, 0.717) is 17.2 Å². The summed E-state index contributed by atoms with van der Waals surface area (Å²) in [5.74, 6) is -0.324. The molecule has 7 heteroatoms. The standard InChI is InChI=1S/C18H16FN3OS2/c19-14-3-1-2-12(8-14)9-22-6-4-15-16(10-22)25-18(20-15)21-17(23)13-5-7-24-11-13/h1-3,5,7-8,11H,4,6,9-10H2,(H,20,21,23). The minimum Gasteiger partial charge on any atom is -0.298 e. The molecule has 2 aromatic heterocycles. The number of nitrogens with zero attached hydrogens (tertiary/aromatic N) is 2. The summed E-state index contributed by atoms with van der Waals surface area (Å²) in [5, 5.41) is 7.23. The Morgan fingerprint density at radius 3 is 3.08 bits per heavy atom. The molecule has 0 bridgehead atoms. The highest BCUT2D eigenvalue weighted by Gasteiger charge is 2.21. The molecule has 1 aromatic carbocycles. The van der Waals surface area contributed by atoms with Crippen molar-refractivity contribution in [3.8, 4) is 0 Å². The van der Waals surface area contributed by atoms with Crippen LogP contribution in [0, 0.1) is 5.82 Å². The lowest BCUT2D eigenvalue weighted by Crippen LogP contribution is -2.29. The van der Waals surface area contributed by atoms with Gasteiger partial charge in [0.05, 0.1) is 11.3 Å². The summed E-state index contributed by atoms with van der Waals surface area (Å²) in [7, 11) is 0. The second-order valence-electron chi connectivity index (χ2n) is 5.95. The molecule has 3 heterocycles. The normalized spacial score (nSPS) is 14.3. The van der Waals surface area contributed by atoms with Crippen LogP contribution in [-0.4, -0.2) is 22.3 Å². The van der Waals surface area contributed by atoms with E-state index >= 15 is 0 Å². The van der Waals surface area contributed by atoms with Gasteiger partial charge in [0.1, 0.15) is 5.82 Å². The van der Waals surface area contributed by atoms with E-state index in [1.54, 1.807) is 18.2 Å². The topological polar surface area (TPSA) is 45.2 Å². The fourth-order valence-electron chi connectivity index (χ4n) is 2.89. The van der Waals surface area contributed by atoms with Crippen LogP contribution in [0.1, 0.15) is 26.5 Å². The molecule has 0 saturated carbocycles. The fourth-order valence-corrected chi connectivity index (χ4v) is 4.57. The SMILES string of the molecule is O=C(Nc1nc2c(s1)CN(Cc1cccc(F)c1)CC2)c1ccsc1. The van der Waals surface area contributed by atoms with Crippen molar-refractivity contribution in [2.75, 3.05) is 11.9 Å². The van der Waals surface area contributed by atoms with E-state index in [0.717, 1.165) is 30.8 Å². The number of carbonyl (C=O) groups excluding carboxylic acids is 1. The van der Waals surface area contributed by atoms with Crippen molar-refractivity contribution in [2.45, 2.75) is 19.5 Å². The molecule has 3 aromatic rings. The first-order valence-corrected chi connectivity index (χ1v) is 9.72. The minimum atomic E-state index is -0.202. The van der Waals surface area contributed by atoms with Crippen molar-refractivity contribution in [3.05, 3.63) is 68.6 Å². The van der Waals surface area contributed by atoms with Crippen molar-refractivity contribution in [3.63, 3.8) is 0 Å². The Balaban J connectivity index is 1.43. The predicted molar refractivity (Wildman–Crippen MR) is 98.6 cm³/mol. The molecule has 25 heavy (non-hydrogen) atoms. The first kappa shape index (κ1) is 16.4. The van der Waals surface area contributed by atoms with E-state index in [2.05, 4.69) is 15.2 Å². The maximum Gasteiger partial charge on any atom is 0.258 e. The number of benzene rings is 1. The molecule has 0 fully saturated rings. The number of thiophene rings is 1. The molecule has 128 valence electrons. The second kappa shape index (κ2) is 7.03. The highest BCUT2D eigenvalue weighted by molar-refractivity contribution is 7.16. The lowest BCUT2D eigenvalue weighted by molar-refractivity contribution is 0.102. The first-order chi connectivity index (χ1) is 12.2. The van der Waals surface area contributed by atoms with Crippen LogP contribution in [0.4, 0.5) is 9.52 Å². The Kier molecular flexibility index (Phi) is 4.61. The number of rotatable bonds is 4. The molecule has 0 unspecified atom stereocenters. The number of amides is 1. The van der Waals surface area contributed by atoms with Gasteiger partial charge in [0.15, 0.2) is 5.13 Å². The maximum absolute atomic E-state index is 13.3. The molecule has 1 aliphatic heterocycles. The average molecular weight is 373 g/mol. The van der Waals surface area contributed by atoms with Crippen LogP contribution in [0.5, 0.6) is 0 Å². The predicted octanol–water partition coefficient (Wildman–Crippen LogP) is 4.15. The monoisotopic (exact) mass is 373 g/mol. The van der Waals surface area contributed by atoms with Gasteiger partial charge in [-0.3, -0.25) is 15.0 Å². The van der Waals surface area contributed by atoms with Gasteiger partial charge >= 0.3 is 0 Å². The smallest absolute Gasteiger partial charge is 0.258 e. The Labute approximate surface area is 153 Å². The van der Waals surface area contributed by atoms with Gasteiger partial charge in [0.2, 0.25) is 0 Å². The lowest BCUT2D eigenvalue weighted by atomic mass is 10.1. The molecule has 1 aliphatic rings. The summed E-state index contributed by atoms with van der Waals surface area (Å²) in [4.78, 5) is 20.1. The van der Waals surface area contributed by atoms with Crippen molar-refractivity contribution >= 4 is 33.7 Å². The van der Waals surface area contributed by atoms with E-state index < -0.39 is 0 Å². The van der Waals surface area contributed by atoms with Crippen LogP contribution >= 0.6 is 22.7 Å². The summed E-state index contributed by atoms with van der Waals surface area (Å²) in [6, 6.07) is 8.52. The van der Waals surface area contributed by atoms with Gasteiger partial charge in [-0.15, -0.1) is 11.3 Å². The third kappa shape index (κ3) is 3.78. The highest BCUT2D eigenvalue weighted by atomic mass is 32.1. The van der Waals surface area contributed by atoms with Crippen molar-refractivity contribution in [1.29, 1.82) is 0 Å².